The maximum absolute atomic E-state index is 13.6. The van der Waals surface area contributed by atoms with Crippen molar-refractivity contribution in [3.8, 4) is 11.8 Å². The number of nitrogens with two attached hydrogens (primary N) is 1. The molecule has 0 bridgehead atoms. The van der Waals surface area contributed by atoms with E-state index in [1.54, 1.807) is 18.2 Å². The van der Waals surface area contributed by atoms with Crippen LogP contribution in [0.1, 0.15) is 70.5 Å². The van der Waals surface area contributed by atoms with Gasteiger partial charge in [0, 0.05) is 23.4 Å². The van der Waals surface area contributed by atoms with E-state index >= 15 is 0 Å². The Kier molecular flexibility index (Phi) is 8.18. The zero-order valence-corrected chi connectivity index (χ0v) is 23.7. The van der Waals surface area contributed by atoms with Crippen LogP contribution in [0.2, 0.25) is 0 Å². The van der Waals surface area contributed by atoms with Crippen LogP contribution in [0.15, 0.2) is 42.7 Å². The Hall–Kier alpha value is -4.43. The second kappa shape index (κ2) is 11.8. The van der Waals surface area contributed by atoms with Crippen molar-refractivity contribution >= 4 is 28.4 Å². The smallest absolute Gasteiger partial charge is 0.383 e. The minimum atomic E-state index is -4.55. The highest BCUT2D eigenvalue weighted by molar-refractivity contribution is 6.04. The zero-order valence-electron chi connectivity index (χ0n) is 23.7. The lowest BCUT2D eigenvalue weighted by Gasteiger charge is -2.29. The molecule has 0 saturated carbocycles. The van der Waals surface area contributed by atoms with Gasteiger partial charge in [0.05, 0.1) is 17.0 Å². The first-order chi connectivity index (χ1) is 20.0. The Labute approximate surface area is 242 Å². The number of carbonyl (C=O) groups excluding carboxylic acids is 1. The van der Waals surface area contributed by atoms with E-state index in [0.29, 0.717) is 40.2 Å². The topological polar surface area (TPSA) is 102 Å². The van der Waals surface area contributed by atoms with Crippen LogP contribution < -0.4 is 11.1 Å². The van der Waals surface area contributed by atoms with Gasteiger partial charge < -0.3 is 16.0 Å². The third kappa shape index (κ3) is 6.09. The lowest BCUT2D eigenvalue weighted by molar-refractivity contribution is -0.138. The molecule has 2 aromatic carbocycles. The van der Waals surface area contributed by atoms with E-state index in [4.69, 9.17) is 10.8 Å². The second-order valence-electron chi connectivity index (χ2n) is 10.7. The monoisotopic (exact) mass is 575 g/mol. The third-order valence-corrected chi connectivity index (χ3v) is 7.47. The molecule has 42 heavy (non-hydrogen) atoms. The number of likely N-dealkylation sites (N-methyl/N-ethyl adjacent to an activating group) is 1. The number of aryl methyl sites for hydroxylation is 2. The number of piperidine rings is 1. The number of nitrogens with zero attached hydrogens (tertiary/aromatic N) is 5. The summed E-state index contributed by atoms with van der Waals surface area (Å²) >= 11 is 0. The molecule has 8 nitrogen and oxygen atoms in total. The van der Waals surface area contributed by atoms with Crippen LogP contribution in [0.25, 0.3) is 11.0 Å². The summed E-state index contributed by atoms with van der Waals surface area (Å²) in [7, 11) is 2.08. The first kappa shape index (κ1) is 29.1. The van der Waals surface area contributed by atoms with Crippen molar-refractivity contribution in [2.75, 3.05) is 31.2 Å². The Bertz CT molecular complexity index is 1700. The average molecular weight is 576 g/mol. The first-order valence-corrected chi connectivity index (χ1v) is 13.9. The van der Waals surface area contributed by atoms with Crippen molar-refractivity contribution in [3.63, 3.8) is 0 Å². The van der Waals surface area contributed by atoms with Gasteiger partial charge in [-0.05, 0) is 81.1 Å². The van der Waals surface area contributed by atoms with E-state index in [0.717, 1.165) is 37.6 Å². The molecule has 1 aliphatic rings. The largest absolute Gasteiger partial charge is 0.416 e. The summed E-state index contributed by atoms with van der Waals surface area (Å²) in [5, 5.41) is 8.08. The van der Waals surface area contributed by atoms with E-state index in [1.807, 2.05) is 18.5 Å². The van der Waals surface area contributed by atoms with Gasteiger partial charge in [0.2, 0.25) is 0 Å². The number of benzene rings is 2. The molecule has 0 unspecified atom stereocenters. The number of hydrogen-bond donors (Lipinski definition) is 2. The zero-order chi connectivity index (χ0) is 30.0. The van der Waals surface area contributed by atoms with Crippen LogP contribution in [0.4, 0.5) is 24.7 Å². The Morgan fingerprint density at radius 2 is 1.98 bits per heavy atom. The lowest BCUT2D eigenvalue weighted by Crippen LogP contribution is -2.34. The summed E-state index contributed by atoms with van der Waals surface area (Å²) in [6, 6.07) is 8.99. The number of fused-ring (bicyclic) bond motifs is 1. The lowest BCUT2D eigenvalue weighted by atomic mass is 9.99. The molecule has 2 aromatic heterocycles. The molecule has 3 N–H and O–H groups in total. The number of nitrogen functional groups attached to an aromatic ring is 1. The number of amides is 1. The summed E-state index contributed by atoms with van der Waals surface area (Å²) in [5.74, 6) is 5.90. The van der Waals surface area contributed by atoms with E-state index in [2.05, 4.69) is 39.1 Å². The highest BCUT2D eigenvalue weighted by Gasteiger charge is 2.34. The normalized spacial score (nSPS) is 15.8. The van der Waals surface area contributed by atoms with Gasteiger partial charge >= 0.3 is 6.18 Å². The third-order valence-electron chi connectivity index (χ3n) is 7.47. The van der Waals surface area contributed by atoms with Gasteiger partial charge in [-0.2, -0.15) is 18.3 Å². The maximum atomic E-state index is 13.6. The van der Waals surface area contributed by atoms with Gasteiger partial charge in [-0.25, -0.2) is 14.6 Å². The van der Waals surface area contributed by atoms with E-state index in [9.17, 15) is 18.0 Å². The molecule has 11 heteroatoms. The van der Waals surface area contributed by atoms with Crippen LogP contribution in [0.3, 0.4) is 0 Å². The van der Waals surface area contributed by atoms with Crippen LogP contribution >= 0.6 is 0 Å². The molecule has 3 heterocycles. The Balaban J connectivity index is 1.44. The SMILES string of the molecule is CCCc1ccc(C(=O)Nc2ccc(C)c(C#Cc3nn([C@@H]4CCCN(C)C4)c4ncnc(N)c34)c2)cc1C(F)(F)F. The minimum Gasteiger partial charge on any atom is -0.383 e. The van der Waals surface area contributed by atoms with Gasteiger partial charge in [0.25, 0.3) is 5.91 Å². The molecule has 1 amide bonds. The number of anilines is 2. The number of nitrogens with one attached hydrogen (secondary N) is 1. The molecule has 0 aliphatic carbocycles. The van der Waals surface area contributed by atoms with Crippen LogP contribution in [0, 0.1) is 18.8 Å². The number of rotatable bonds is 5. The van der Waals surface area contributed by atoms with Crippen LogP contribution in [-0.4, -0.2) is 50.7 Å². The predicted molar refractivity (Wildman–Crippen MR) is 156 cm³/mol. The summed E-state index contributed by atoms with van der Waals surface area (Å²) in [6.45, 7) is 5.55. The fourth-order valence-electron chi connectivity index (χ4n) is 5.31. The quantitative estimate of drug-likeness (QED) is 0.300. The first-order valence-electron chi connectivity index (χ1n) is 13.9. The van der Waals surface area contributed by atoms with Crippen molar-refractivity contribution in [1.29, 1.82) is 0 Å². The van der Waals surface area contributed by atoms with E-state index in [1.165, 1.54) is 18.5 Å². The summed E-state index contributed by atoms with van der Waals surface area (Å²) in [6.07, 6.45) is -0.279. The molecule has 0 spiro atoms. The standard InChI is InChI=1S/C31H32F3N7O/c1-4-6-20-9-10-22(16-25(20)31(32,33)34)30(42)38-23-12-8-19(2)21(15-23)11-13-26-27-28(35)36-18-37-29(27)41(39-26)24-7-5-14-40(3)17-24/h8-10,12,15-16,18,24H,4-7,14,17H2,1-3H3,(H,38,42)(H2,35,36,37)/t24-/m1/s1. The Morgan fingerprint density at radius 3 is 2.71 bits per heavy atom. The summed E-state index contributed by atoms with van der Waals surface area (Å²) in [5.41, 5.74) is 8.50. The van der Waals surface area contributed by atoms with E-state index < -0.39 is 17.6 Å². The van der Waals surface area contributed by atoms with Crippen LogP contribution in [0.5, 0.6) is 0 Å². The van der Waals surface area contributed by atoms with Crippen molar-refractivity contribution in [3.05, 3.63) is 76.2 Å². The molecule has 4 aromatic rings. The highest BCUT2D eigenvalue weighted by atomic mass is 19.4. The van der Waals surface area contributed by atoms with Crippen molar-refractivity contribution in [2.24, 2.45) is 0 Å². The van der Waals surface area contributed by atoms with Crippen molar-refractivity contribution < 1.29 is 18.0 Å². The molecule has 1 saturated heterocycles. The average Bonchev–Trinajstić information content (AvgIpc) is 3.33. The molecule has 1 atom stereocenters. The Morgan fingerprint density at radius 1 is 1.17 bits per heavy atom. The van der Waals surface area contributed by atoms with Gasteiger partial charge in [0.15, 0.2) is 5.65 Å². The summed E-state index contributed by atoms with van der Waals surface area (Å²) in [4.78, 5) is 23.8. The summed E-state index contributed by atoms with van der Waals surface area (Å²) < 4.78 is 42.8. The van der Waals surface area contributed by atoms with Gasteiger partial charge in [-0.15, -0.1) is 0 Å². The predicted octanol–water partition coefficient (Wildman–Crippen LogP) is 5.61. The molecule has 5 rings (SSSR count). The molecular weight excluding hydrogens is 543 g/mol. The minimum absolute atomic E-state index is 0.0729. The molecule has 218 valence electrons. The number of carbonyl (C=O) groups is 1. The molecule has 1 aliphatic heterocycles. The number of likely N-dealkylation sites (tertiary alicyclic amines) is 1. The van der Waals surface area contributed by atoms with Crippen molar-refractivity contribution in [1.82, 2.24) is 24.6 Å². The van der Waals surface area contributed by atoms with Gasteiger partial charge in [-0.3, -0.25) is 4.79 Å². The maximum Gasteiger partial charge on any atom is 0.416 e. The molecular formula is C31H32F3N7O. The van der Waals surface area contributed by atoms with Gasteiger partial charge in [0.1, 0.15) is 17.8 Å². The van der Waals surface area contributed by atoms with Crippen LogP contribution in [-0.2, 0) is 12.6 Å². The number of halogens is 3. The fourth-order valence-corrected chi connectivity index (χ4v) is 5.31. The highest BCUT2D eigenvalue weighted by Crippen LogP contribution is 2.34. The fraction of sp³-hybridized carbons (Fsp3) is 0.355. The number of aromatic nitrogens is 4. The van der Waals surface area contributed by atoms with E-state index in [-0.39, 0.29) is 23.6 Å². The number of alkyl halides is 3. The van der Waals surface area contributed by atoms with Gasteiger partial charge in [-0.1, -0.05) is 31.4 Å². The van der Waals surface area contributed by atoms with Crippen molar-refractivity contribution in [2.45, 2.75) is 51.7 Å². The second-order valence-corrected chi connectivity index (χ2v) is 10.7. The molecule has 0 radical (unpaired) electrons. The number of hydrogen-bond acceptors (Lipinski definition) is 6. The molecule has 1 fully saturated rings.